The maximum absolute atomic E-state index is 13.6. The Labute approximate surface area is 151 Å². The largest absolute Gasteiger partial charge is 0.281 e. The van der Waals surface area contributed by atoms with Crippen LogP contribution in [0.4, 0.5) is 8.78 Å². The number of hydrazone groups is 1. The van der Waals surface area contributed by atoms with Crippen LogP contribution < -0.4 is 5.43 Å². The molecule has 1 aromatic heterocycles. The van der Waals surface area contributed by atoms with E-state index in [4.69, 9.17) is 11.6 Å². The molecule has 0 aliphatic heterocycles. The van der Waals surface area contributed by atoms with Crippen LogP contribution >= 0.6 is 22.9 Å². The minimum atomic E-state index is -0.528. The van der Waals surface area contributed by atoms with Gasteiger partial charge in [0.2, 0.25) is 0 Å². The summed E-state index contributed by atoms with van der Waals surface area (Å²) in [6.07, 6.45) is 1.16. The van der Waals surface area contributed by atoms with Crippen LogP contribution in [0.3, 0.4) is 0 Å². The molecule has 0 fully saturated rings. The summed E-state index contributed by atoms with van der Waals surface area (Å²) in [5.74, 6) is -1.28. The molecule has 2 aromatic carbocycles. The molecule has 1 N–H and O–H groups in total. The maximum atomic E-state index is 13.6. The van der Waals surface area contributed by atoms with E-state index >= 15 is 0 Å². The summed E-state index contributed by atoms with van der Waals surface area (Å²) in [4.78, 5) is 13.4. The number of carbonyl (C=O) groups is 1. The van der Waals surface area contributed by atoms with E-state index < -0.39 is 11.7 Å². The molecule has 3 nitrogen and oxygen atoms in total. The van der Waals surface area contributed by atoms with E-state index in [0.717, 1.165) is 16.7 Å². The molecule has 7 heteroatoms. The summed E-state index contributed by atoms with van der Waals surface area (Å²) in [5, 5.41) is 3.94. The van der Waals surface area contributed by atoms with Crippen LogP contribution in [0.5, 0.6) is 0 Å². The van der Waals surface area contributed by atoms with Gasteiger partial charge in [-0.1, -0.05) is 29.8 Å². The number of amides is 1. The van der Waals surface area contributed by atoms with Gasteiger partial charge in [0.25, 0.3) is 5.91 Å². The molecule has 0 unspecified atom stereocenters. The molecule has 0 radical (unpaired) electrons. The maximum Gasteiger partial charge on any atom is 0.281 e. The molecule has 0 aliphatic carbocycles. The first-order valence-electron chi connectivity index (χ1n) is 7.18. The van der Waals surface area contributed by atoms with Gasteiger partial charge in [-0.15, -0.1) is 11.3 Å². The van der Waals surface area contributed by atoms with Gasteiger partial charge >= 0.3 is 0 Å². The zero-order valence-corrected chi connectivity index (χ0v) is 14.2. The average Bonchev–Trinajstić information content (AvgIpc) is 3.08. The first-order chi connectivity index (χ1) is 12.0. The Hall–Kier alpha value is -2.57. The number of rotatable bonds is 4. The van der Waals surface area contributed by atoms with Crippen molar-refractivity contribution in [2.75, 3.05) is 0 Å². The second-order valence-electron chi connectivity index (χ2n) is 5.01. The number of benzene rings is 2. The van der Waals surface area contributed by atoms with Gasteiger partial charge in [-0.2, -0.15) is 5.10 Å². The number of carbonyl (C=O) groups excluding carboxylic acids is 1. The quantitative estimate of drug-likeness (QED) is 0.499. The van der Waals surface area contributed by atoms with Crippen molar-refractivity contribution in [1.29, 1.82) is 0 Å². The second kappa shape index (κ2) is 7.55. The molecule has 3 aromatic rings. The topological polar surface area (TPSA) is 41.5 Å². The molecule has 0 saturated heterocycles. The van der Waals surface area contributed by atoms with E-state index in [-0.39, 0.29) is 16.4 Å². The third kappa shape index (κ3) is 4.10. The Morgan fingerprint density at radius 3 is 2.56 bits per heavy atom. The summed E-state index contributed by atoms with van der Waals surface area (Å²) in [6, 6.07) is 13.7. The van der Waals surface area contributed by atoms with E-state index in [0.29, 0.717) is 4.88 Å². The molecular weight excluding hydrogens is 366 g/mol. The Kier molecular flexibility index (Phi) is 5.21. The highest BCUT2D eigenvalue weighted by Gasteiger charge is 2.10. The van der Waals surface area contributed by atoms with E-state index in [1.807, 2.05) is 0 Å². The van der Waals surface area contributed by atoms with Gasteiger partial charge in [-0.3, -0.25) is 4.79 Å². The number of halogens is 3. The minimum Gasteiger partial charge on any atom is -0.266 e. The highest BCUT2D eigenvalue weighted by Crippen LogP contribution is 2.28. The predicted molar refractivity (Wildman–Crippen MR) is 96.2 cm³/mol. The van der Waals surface area contributed by atoms with Crippen molar-refractivity contribution in [3.63, 3.8) is 0 Å². The summed E-state index contributed by atoms with van der Waals surface area (Å²) in [5.41, 5.74) is 3.24. The van der Waals surface area contributed by atoms with Crippen molar-refractivity contribution in [2.24, 2.45) is 5.10 Å². The fourth-order valence-corrected chi connectivity index (χ4v) is 3.19. The van der Waals surface area contributed by atoms with Crippen molar-refractivity contribution in [1.82, 2.24) is 5.43 Å². The molecule has 3 rings (SSSR count). The number of hydrogen-bond donors (Lipinski definition) is 1. The van der Waals surface area contributed by atoms with Crippen LogP contribution in [0.1, 0.15) is 15.2 Å². The van der Waals surface area contributed by atoms with E-state index in [2.05, 4.69) is 10.5 Å². The highest BCUT2D eigenvalue weighted by atomic mass is 35.5. The molecule has 1 amide bonds. The Bertz CT molecular complexity index is 918. The van der Waals surface area contributed by atoms with Crippen LogP contribution in [0.15, 0.2) is 59.7 Å². The zero-order valence-electron chi connectivity index (χ0n) is 12.7. The summed E-state index contributed by atoms with van der Waals surface area (Å²) in [6.45, 7) is 0. The molecule has 0 saturated carbocycles. The monoisotopic (exact) mass is 376 g/mol. The van der Waals surface area contributed by atoms with Gasteiger partial charge in [0, 0.05) is 10.4 Å². The van der Waals surface area contributed by atoms with Gasteiger partial charge in [-0.25, -0.2) is 14.2 Å². The fraction of sp³-hybridized carbons (Fsp3) is 0. The molecular formula is C18H11ClF2N2OS. The van der Waals surface area contributed by atoms with Crippen LogP contribution in [-0.4, -0.2) is 12.1 Å². The van der Waals surface area contributed by atoms with Gasteiger partial charge in [0.15, 0.2) is 0 Å². The lowest BCUT2D eigenvalue weighted by molar-refractivity contribution is 0.0959. The third-order valence-electron chi connectivity index (χ3n) is 3.32. The Morgan fingerprint density at radius 2 is 1.84 bits per heavy atom. The lowest BCUT2D eigenvalue weighted by Crippen LogP contribution is -2.16. The highest BCUT2D eigenvalue weighted by molar-refractivity contribution is 7.17. The van der Waals surface area contributed by atoms with Crippen LogP contribution in [-0.2, 0) is 0 Å². The Balaban J connectivity index is 1.70. The predicted octanol–water partition coefficient (Wildman–Crippen LogP) is 5.11. The second-order valence-corrected chi connectivity index (χ2v) is 6.50. The third-order valence-corrected chi connectivity index (χ3v) is 4.78. The molecule has 1 heterocycles. The summed E-state index contributed by atoms with van der Waals surface area (Å²) < 4.78 is 26.6. The van der Waals surface area contributed by atoms with E-state index in [1.54, 1.807) is 24.3 Å². The number of nitrogens with one attached hydrogen (secondary N) is 1. The van der Waals surface area contributed by atoms with Crippen LogP contribution in [0.25, 0.3) is 10.4 Å². The molecule has 0 bridgehead atoms. The van der Waals surface area contributed by atoms with E-state index in [1.165, 1.54) is 41.7 Å². The summed E-state index contributed by atoms with van der Waals surface area (Å²) in [7, 11) is 0. The van der Waals surface area contributed by atoms with Crippen molar-refractivity contribution >= 4 is 35.1 Å². The fourth-order valence-electron chi connectivity index (χ4n) is 2.07. The molecule has 0 aliphatic rings. The standard InChI is InChI=1S/C18H11ClF2N2OS/c19-14-2-1-3-15(21)13(14)10-22-23-18(24)17-9-8-16(25-17)11-4-6-12(20)7-5-11/h1-10H,(H,23,24)/b22-10-. The van der Waals surface area contributed by atoms with Crippen molar-refractivity contribution in [2.45, 2.75) is 0 Å². The van der Waals surface area contributed by atoms with Gasteiger partial charge in [0.05, 0.1) is 16.1 Å². The number of hydrogen-bond acceptors (Lipinski definition) is 3. The molecule has 126 valence electrons. The first kappa shape index (κ1) is 17.3. The summed E-state index contributed by atoms with van der Waals surface area (Å²) >= 11 is 7.12. The Morgan fingerprint density at radius 1 is 1.08 bits per heavy atom. The average molecular weight is 377 g/mol. The van der Waals surface area contributed by atoms with E-state index in [9.17, 15) is 13.6 Å². The lowest BCUT2D eigenvalue weighted by Gasteiger charge is -2.00. The van der Waals surface area contributed by atoms with Crippen molar-refractivity contribution in [3.05, 3.63) is 81.7 Å². The number of thiophene rings is 1. The van der Waals surface area contributed by atoms with Crippen molar-refractivity contribution in [3.8, 4) is 10.4 Å². The number of nitrogens with zero attached hydrogens (tertiary/aromatic N) is 1. The van der Waals surface area contributed by atoms with Crippen LogP contribution in [0, 0.1) is 11.6 Å². The van der Waals surface area contributed by atoms with Gasteiger partial charge < -0.3 is 0 Å². The first-order valence-corrected chi connectivity index (χ1v) is 8.37. The zero-order chi connectivity index (χ0) is 17.8. The van der Waals surface area contributed by atoms with Gasteiger partial charge in [0.1, 0.15) is 11.6 Å². The van der Waals surface area contributed by atoms with Gasteiger partial charge in [-0.05, 0) is 42.0 Å². The smallest absolute Gasteiger partial charge is 0.266 e. The van der Waals surface area contributed by atoms with Crippen LogP contribution in [0.2, 0.25) is 5.02 Å². The minimum absolute atomic E-state index is 0.0997. The molecule has 25 heavy (non-hydrogen) atoms. The lowest BCUT2D eigenvalue weighted by atomic mass is 10.2. The van der Waals surface area contributed by atoms with Crippen molar-refractivity contribution < 1.29 is 13.6 Å². The molecule has 0 spiro atoms. The molecule has 0 atom stereocenters. The SMILES string of the molecule is O=C(N/N=C\c1c(F)cccc1Cl)c1ccc(-c2ccc(F)cc2)s1. The normalized spacial score (nSPS) is 11.0.